The van der Waals surface area contributed by atoms with Gasteiger partial charge in [0.1, 0.15) is 0 Å². The van der Waals surface area contributed by atoms with Crippen LogP contribution >= 0.6 is 11.6 Å². The van der Waals surface area contributed by atoms with Crippen LogP contribution in [0.3, 0.4) is 0 Å². The Morgan fingerprint density at radius 3 is 2.50 bits per heavy atom. The molecule has 5 nitrogen and oxygen atoms in total. The molecule has 1 aromatic rings. The first-order valence-corrected chi connectivity index (χ1v) is 11.0. The maximum Gasteiger partial charge on any atom is 0.417 e. The van der Waals surface area contributed by atoms with Gasteiger partial charge in [-0.2, -0.15) is 17.5 Å². The van der Waals surface area contributed by atoms with Gasteiger partial charge in [0, 0.05) is 30.7 Å². The molecule has 1 aliphatic rings. The molecule has 0 aliphatic carbocycles. The summed E-state index contributed by atoms with van der Waals surface area (Å²) in [5, 5.41) is -0.154. The van der Waals surface area contributed by atoms with Crippen LogP contribution in [0.1, 0.15) is 25.3 Å². The number of benzene rings is 1. The van der Waals surface area contributed by atoms with Gasteiger partial charge in [-0.05, 0) is 58.2 Å². The zero-order valence-electron chi connectivity index (χ0n) is 16.3. The molecule has 1 saturated heterocycles. The highest BCUT2D eigenvalue weighted by atomic mass is 35.5. The molecule has 2 rings (SSSR count). The van der Waals surface area contributed by atoms with E-state index in [1.807, 2.05) is 6.92 Å². The molecule has 1 aromatic carbocycles. The number of nitrogens with zero attached hydrogens (tertiary/aromatic N) is 3. The third-order valence-electron chi connectivity index (χ3n) is 4.98. The lowest BCUT2D eigenvalue weighted by atomic mass is 10.2. The molecule has 160 valence electrons. The normalized spacial score (nSPS) is 19.1. The number of hydrogen-bond acceptors (Lipinski definition) is 4. The minimum atomic E-state index is -4.82. The fourth-order valence-electron chi connectivity index (χ4n) is 3.46. The predicted octanol–water partition coefficient (Wildman–Crippen LogP) is 3.40. The van der Waals surface area contributed by atoms with Crippen molar-refractivity contribution in [3.05, 3.63) is 28.8 Å². The van der Waals surface area contributed by atoms with E-state index >= 15 is 0 Å². The summed E-state index contributed by atoms with van der Waals surface area (Å²) < 4.78 is 68.2. The Bertz CT molecular complexity index is 772. The van der Waals surface area contributed by atoms with E-state index in [9.17, 15) is 21.6 Å². The summed E-state index contributed by atoms with van der Waals surface area (Å²) in [5.74, 6) is 0. The first-order chi connectivity index (χ1) is 13.0. The van der Waals surface area contributed by atoms with Crippen LogP contribution in [-0.4, -0.2) is 75.4 Å². The molecular formula is C18H27ClF3N3O2S. The monoisotopic (exact) mass is 441 g/mol. The standard InChI is InChI=1S/C18H27ClF3N3O2S/c1-4-24-9-5-6-15(24)13-25(11-10-23(2)3)28(26,27)17-8-7-14(19)12-16(17)18(20,21)22/h7-8,12,15H,4-6,9-11,13H2,1-3H3/t15-/m0/s1. The van der Waals surface area contributed by atoms with Crippen LogP contribution in [0.25, 0.3) is 0 Å². The van der Waals surface area contributed by atoms with E-state index in [1.54, 1.807) is 19.0 Å². The van der Waals surface area contributed by atoms with Crippen LogP contribution in [0.2, 0.25) is 5.02 Å². The molecular weight excluding hydrogens is 415 g/mol. The zero-order chi connectivity index (χ0) is 21.1. The van der Waals surface area contributed by atoms with Gasteiger partial charge in [0.25, 0.3) is 0 Å². The summed E-state index contributed by atoms with van der Waals surface area (Å²) in [6, 6.07) is 2.81. The summed E-state index contributed by atoms with van der Waals surface area (Å²) >= 11 is 5.71. The largest absolute Gasteiger partial charge is 0.417 e. The number of hydrogen-bond donors (Lipinski definition) is 0. The van der Waals surface area contributed by atoms with Crippen LogP contribution in [0.4, 0.5) is 13.2 Å². The van der Waals surface area contributed by atoms with Crippen molar-refractivity contribution in [3.8, 4) is 0 Å². The first-order valence-electron chi connectivity index (χ1n) is 9.22. The van der Waals surface area contributed by atoms with Crippen LogP contribution in [0.5, 0.6) is 0 Å². The van der Waals surface area contributed by atoms with Crippen molar-refractivity contribution >= 4 is 21.6 Å². The number of likely N-dealkylation sites (N-methyl/N-ethyl adjacent to an activating group) is 2. The fraction of sp³-hybridized carbons (Fsp3) is 0.667. The topological polar surface area (TPSA) is 43.9 Å². The van der Waals surface area contributed by atoms with Crippen molar-refractivity contribution in [1.82, 2.24) is 14.1 Å². The Kier molecular flexibility index (Phi) is 7.77. The molecule has 0 bridgehead atoms. The summed E-state index contributed by atoms with van der Waals surface area (Å²) in [6.45, 7) is 4.34. The van der Waals surface area contributed by atoms with E-state index in [1.165, 1.54) is 10.4 Å². The molecule has 0 amide bonds. The van der Waals surface area contributed by atoms with E-state index in [4.69, 9.17) is 11.6 Å². The Labute approximate surface area is 170 Å². The van der Waals surface area contributed by atoms with E-state index in [-0.39, 0.29) is 24.2 Å². The lowest BCUT2D eigenvalue weighted by Crippen LogP contribution is -2.45. The van der Waals surface area contributed by atoms with Crippen LogP contribution < -0.4 is 0 Å². The van der Waals surface area contributed by atoms with E-state index < -0.39 is 26.7 Å². The van der Waals surface area contributed by atoms with Crippen molar-refractivity contribution in [2.75, 3.05) is 46.8 Å². The molecule has 0 spiro atoms. The quantitative estimate of drug-likeness (QED) is 0.620. The van der Waals surface area contributed by atoms with Gasteiger partial charge in [-0.15, -0.1) is 0 Å². The zero-order valence-corrected chi connectivity index (χ0v) is 17.9. The third-order valence-corrected chi connectivity index (χ3v) is 7.14. The molecule has 0 aromatic heterocycles. The fourth-order valence-corrected chi connectivity index (χ4v) is 5.30. The lowest BCUT2D eigenvalue weighted by Gasteiger charge is -2.31. The second kappa shape index (κ2) is 9.30. The number of rotatable bonds is 8. The van der Waals surface area contributed by atoms with Gasteiger partial charge in [0.05, 0.1) is 10.5 Å². The minimum Gasteiger partial charge on any atom is -0.308 e. The minimum absolute atomic E-state index is 0.00331. The van der Waals surface area contributed by atoms with Gasteiger partial charge in [-0.3, -0.25) is 4.90 Å². The molecule has 1 aliphatic heterocycles. The molecule has 0 radical (unpaired) electrons. The second-order valence-corrected chi connectivity index (χ2v) is 9.57. The average Bonchev–Trinajstić information content (AvgIpc) is 3.04. The molecule has 28 heavy (non-hydrogen) atoms. The molecule has 0 N–H and O–H groups in total. The lowest BCUT2D eigenvalue weighted by molar-refractivity contribution is -0.139. The number of likely N-dealkylation sites (tertiary alicyclic amines) is 1. The highest BCUT2D eigenvalue weighted by Gasteiger charge is 2.40. The maximum atomic E-state index is 13.5. The summed E-state index contributed by atoms with van der Waals surface area (Å²) in [7, 11) is -0.757. The number of alkyl halides is 3. The van der Waals surface area contributed by atoms with Crippen molar-refractivity contribution in [2.45, 2.75) is 36.9 Å². The Morgan fingerprint density at radius 2 is 1.93 bits per heavy atom. The van der Waals surface area contributed by atoms with Gasteiger partial charge < -0.3 is 4.90 Å². The van der Waals surface area contributed by atoms with Crippen LogP contribution in [-0.2, 0) is 16.2 Å². The van der Waals surface area contributed by atoms with Crippen molar-refractivity contribution in [3.63, 3.8) is 0 Å². The Morgan fingerprint density at radius 1 is 1.25 bits per heavy atom. The van der Waals surface area contributed by atoms with E-state index in [0.29, 0.717) is 12.6 Å². The molecule has 0 unspecified atom stereocenters. The van der Waals surface area contributed by atoms with Crippen LogP contribution in [0, 0.1) is 0 Å². The van der Waals surface area contributed by atoms with Crippen molar-refractivity contribution in [2.24, 2.45) is 0 Å². The molecule has 0 saturated carbocycles. The molecule has 1 atom stereocenters. The maximum absolute atomic E-state index is 13.5. The summed E-state index contributed by atoms with van der Waals surface area (Å²) in [6.07, 6.45) is -3.03. The highest BCUT2D eigenvalue weighted by molar-refractivity contribution is 7.89. The average molecular weight is 442 g/mol. The van der Waals surface area contributed by atoms with Gasteiger partial charge >= 0.3 is 6.18 Å². The highest BCUT2D eigenvalue weighted by Crippen LogP contribution is 2.37. The second-order valence-electron chi connectivity index (χ2n) is 7.23. The smallest absolute Gasteiger partial charge is 0.308 e. The Hall–Kier alpha value is -0.870. The van der Waals surface area contributed by atoms with Gasteiger partial charge in [-0.1, -0.05) is 18.5 Å². The van der Waals surface area contributed by atoms with Gasteiger partial charge in [0.2, 0.25) is 10.0 Å². The van der Waals surface area contributed by atoms with Crippen molar-refractivity contribution < 1.29 is 21.6 Å². The predicted molar refractivity (Wildman–Crippen MR) is 104 cm³/mol. The van der Waals surface area contributed by atoms with Gasteiger partial charge in [0.15, 0.2) is 0 Å². The summed E-state index contributed by atoms with van der Waals surface area (Å²) in [4.78, 5) is 3.23. The molecule has 10 heteroatoms. The molecule has 1 heterocycles. The number of halogens is 4. The molecule has 1 fully saturated rings. The van der Waals surface area contributed by atoms with Crippen LogP contribution in [0.15, 0.2) is 23.1 Å². The van der Waals surface area contributed by atoms with Crippen molar-refractivity contribution in [1.29, 1.82) is 0 Å². The van der Waals surface area contributed by atoms with E-state index in [0.717, 1.165) is 32.0 Å². The third kappa shape index (κ3) is 5.60. The number of sulfonamides is 1. The first kappa shape index (κ1) is 23.4. The SMILES string of the molecule is CCN1CCC[C@H]1CN(CCN(C)C)S(=O)(=O)c1ccc(Cl)cc1C(F)(F)F. The van der Waals surface area contributed by atoms with E-state index in [2.05, 4.69) is 4.90 Å². The summed E-state index contributed by atoms with van der Waals surface area (Å²) in [5.41, 5.74) is -1.23. The van der Waals surface area contributed by atoms with Gasteiger partial charge in [-0.25, -0.2) is 8.42 Å². The Balaban J connectivity index is 2.43.